The third kappa shape index (κ3) is 4.51. The van der Waals surface area contributed by atoms with Crippen LogP contribution in [0, 0.1) is 24.7 Å². The molecule has 4 aliphatic carbocycles. The number of carbonyl (C=O) groups excluding carboxylic acids is 2. The first-order valence-electron chi connectivity index (χ1n) is 11.9. The third-order valence-corrected chi connectivity index (χ3v) is 8.05. The van der Waals surface area contributed by atoms with E-state index in [9.17, 15) is 9.59 Å². The predicted molar refractivity (Wildman–Crippen MR) is 115 cm³/mol. The molecule has 3 amide bonds. The monoisotopic (exact) mass is 429 g/mol. The Balaban J connectivity index is 1.09. The van der Waals surface area contributed by atoms with E-state index in [0.29, 0.717) is 0 Å². The van der Waals surface area contributed by atoms with E-state index in [-0.39, 0.29) is 23.5 Å². The van der Waals surface area contributed by atoms with Crippen molar-refractivity contribution in [1.29, 1.82) is 0 Å². The molecule has 31 heavy (non-hydrogen) atoms. The highest BCUT2D eigenvalue weighted by atomic mass is 16.5. The first-order valence-corrected chi connectivity index (χ1v) is 11.9. The smallest absolute Gasteiger partial charge is 0.321 e. The number of urea groups is 1. The van der Waals surface area contributed by atoms with E-state index >= 15 is 0 Å². The highest BCUT2D eigenvalue weighted by Gasteiger charge is 2.51. The maximum Gasteiger partial charge on any atom is 0.321 e. The van der Waals surface area contributed by atoms with Crippen LogP contribution in [0.5, 0.6) is 0 Å². The number of carbonyl (C=O) groups is 2. The molecule has 1 atom stereocenters. The number of nitrogens with zero attached hydrogens (tertiary/aromatic N) is 3. The van der Waals surface area contributed by atoms with Crippen LogP contribution in [0.1, 0.15) is 56.9 Å². The Bertz CT molecular complexity index is 794. The van der Waals surface area contributed by atoms with Crippen molar-refractivity contribution in [3.8, 4) is 0 Å². The third-order valence-electron chi connectivity index (χ3n) is 8.05. The number of hydrogen-bond donors (Lipinski definition) is 2. The molecule has 4 saturated carbocycles. The lowest BCUT2D eigenvalue weighted by Crippen LogP contribution is -2.63. The van der Waals surface area contributed by atoms with E-state index in [2.05, 4.69) is 25.6 Å². The van der Waals surface area contributed by atoms with Crippen LogP contribution in [-0.2, 0) is 11.3 Å². The fraction of sp³-hybridized carbons (Fsp3) is 0.783. The van der Waals surface area contributed by atoms with Crippen molar-refractivity contribution in [2.75, 3.05) is 26.2 Å². The van der Waals surface area contributed by atoms with Gasteiger partial charge >= 0.3 is 6.03 Å². The van der Waals surface area contributed by atoms with E-state index in [1.54, 1.807) is 0 Å². The quantitative estimate of drug-likeness (QED) is 0.746. The normalized spacial score (nSPS) is 33.9. The number of aromatic nitrogens is 1. The molecule has 0 spiro atoms. The van der Waals surface area contributed by atoms with Crippen LogP contribution in [0.3, 0.4) is 0 Å². The number of amides is 3. The molecule has 1 unspecified atom stereocenters. The summed E-state index contributed by atoms with van der Waals surface area (Å²) in [6, 6.07) is 1.34. The summed E-state index contributed by atoms with van der Waals surface area (Å²) < 4.78 is 5.14. The van der Waals surface area contributed by atoms with Crippen LogP contribution in [0.4, 0.5) is 4.79 Å². The van der Waals surface area contributed by atoms with Gasteiger partial charge in [0, 0.05) is 44.3 Å². The van der Waals surface area contributed by atoms with Gasteiger partial charge in [0.15, 0.2) is 0 Å². The lowest BCUT2D eigenvalue weighted by atomic mass is 9.53. The Labute approximate surface area is 184 Å². The first-order chi connectivity index (χ1) is 14.9. The largest absolute Gasteiger partial charge is 0.361 e. The van der Waals surface area contributed by atoms with Crippen molar-refractivity contribution in [3.63, 3.8) is 0 Å². The number of imide groups is 1. The summed E-state index contributed by atoms with van der Waals surface area (Å²) in [5.74, 6) is 2.91. The van der Waals surface area contributed by atoms with Crippen molar-refractivity contribution in [2.24, 2.45) is 17.8 Å². The Morgan fingerprint density at radius 3 is 2.29 bits per heavy atom. The Morgan fingerprint density at radius 1 is 1.13 bits per heavy atom. The van der Waals surface area contributed by atoms with Crippen LogP contribution in [-0.4, -0.2) is 64.7 Å². The molecule has 0 aromatic carbocycles. The molecule has 2 N–H and O–H groups in total. The van der Waals surface area contributed by atoms with E-state index in [1.807, 2.05) is 19.9 Å². The van der Waals surface area contributed by atoms with Crippen LogP contribution >= 0.6 is 0 Å². The zero-order valence-electron chi connectivity index (χ0n) is 18.7. The van der Waals surface area contributed by atoms with Gasteiger partial charge in [0.05, 0.1) is 11.7 Å². The van der Waals surface area contributed by atoms with Crippen LogP contribution < -0.4 is 10.6 Å². The molecule has 5 aliphatic rings. The highest BCUT2D eigenvalue weighted by molar-refractivity contribution is 5.97. The minimum Gasteiger partial charge on any atom is -0.361 e. The maximum atomic E-state index is 12.8. The van der Waals surface area contributed by atoms with Crippen molar-refractivity contribution >= 4 is 11.9 Å². The molecule has 0 radical (unpaired) electrons. The van der Waals surface area contributed by atoms with Crippen molar-refractivity contribution < 1.29 is 14.1 Å². The highest BCUT2D eigenvalue weighted by Crippen LogP contribution is 2.55. The summed E-state index contributed by atoms with van der Waals surface area (Å²) in [7, 11) is 0. The Kier molecular flexibility index (Phi) is 5.54. The number of rotatable bonds is 5. The maximum absolute atomic E-state index is 12.8. The molecule has 1 saturated heterocycles. The molecule has 2 heterocycles. The zero-order chi connectivity index (χ0) is 21.6. The van der Waals surface area contributed by atoms with E-state index in [1.165, 1.54) is 19.3 Å². The summed E-state index contributed by atoms with van der Waals surface area (Å²) in [6.07, 6.45) is 7.26. The Morgan fingerprint density at radius 2 is 1.74 bits per heavy atom. The molecule has 8 heteroatoms. The second-order valence-electron chi connectivity index (χ2n) is 10.6. The van der Waals surface area contributed by atoms with Gasteiger partial charge in [-0.05, 0) is 70.1 Å². The summed E-state index contributed by atoms with van der Waals surface area (Å²) in [5.41, 5.74) is 0.867. The summed E-state index contributed by atoms with van der Waals surface area (Å²) in [4.78, 5) is 29.9. The van der Waals surface area contributed by atoms with Gasteiger partial charge in [0.25, 0.3) is 0 Å². The van der Waals surface area contributed by atoms with Crippen molar-refractivity contribution in [2.45, 2.75) is 70.5 Å². The second kappa shape index (κ2) is 8.20. The molecule has 1 aromatic heterocycles. The molecule has 5 fully saturated rings. The molecule has 1 aliphatic heterocycles. The topological polar surface area (TPSA) is 90.7 Å². The lowest BCUT2D eigenvalue weighted by molar-refractivity contribution is -0.125. The summed E-state index contributed by atoms with van der Waals surface area (Å²) >= 11 is 0. The Hall–Kier alpha value is -1.93. The van der Waals surface area contributed by atoms with Gasteiger partial charge in [-0.2, -0.15) is 0 Å². The van der Waals surface area contributed by atoms with Gasteiger partial charge in [0.2, 0.25) is 5.91 Å². The van der Waals surface area contributed by atoms with Gasteiger partial charge in [0.1, 0.15) is 5.76 Å². The number of hydrogen-bond acceptors (Lipinski definition) is 6. The summed E-state index contributed by atoms with van der Waals surface area (Å²) in [6.45, 7) is 7.87. The second-order valence-corrected chi connectivity index (χ2v) is 10.6. The standard InChI is InChI=1S/C23H35N5O3/c1-15-7-20(26-31-15)14-27-3-5-28(6-4-27)16(2)21(29)24-22(30)25-23-11-17-8-18(12-23)10-19(9-17)13-23/h7,16-19H,3-6,8-14H2,1-2H3,(H2,24,25,29,30). The van der Waals surface area contributed by atoms with Gasteiger partial charge in [-0.25, -0.2) is 4.79 Å². The lowest BCUT2D eigenvalue weighted by Gasteiger charge is -2.56. The first kappa shape index (κ1) is 20.9. The van der Waals surface area contributed by atoms with Crippen LogP contribution in [0.15, 0.2) is 10.6 Å². The SMILES string of the molecule is Cc1cc(CN2CCN(C(C)C(=O)NC(=O)NC34CC5CC(CC(C5)C3)C4)CC2)no1. The van der Waals surface area contributed by atoms with E-state index in [0.717, 1.165) is 81.2 Å². The fourth-order valence-electron chi connectivity index (χ4n) is 6.95. The molecule has 8 nitrogen and oxygen atoms in total. The molecule has 6 rings (SSSR count). The van der Waals surface area contributed by atoms with E-state index in [4.69, 9.17) is 4.52 Å². The predicted octanol–water partition coefficient (Wildman–Crippen LogP) is 2.28. The van der Waals surface area contributed by atoms with Crippen LogP contribution in [0.25, 0.3) is 0 Å². The molecule has 4 bridgehead atoms. The number of nitrogens with one attached hydrogen (secondary N) is 2. The van der Waals surface area contributed by atoms with Crippen molar-refractivity contribution in [1.82, 2.24) is 25.6 Å². The average molecular weight is 430 g/mol. The fourth-order valence-corrected chi connectivity index (χ4v) is 6.95. The molecular formula is C23H35N5O3. The average Bonchev–Trinajstić information content (AvgIpc) is 3.11. The summed E-state index contributed by atoms with van der Waals surface area (Å²) in [5, 5.41) is 9.94. The van der Waals surface area contributed by atoms with Gasteiger partial charge < -0.3 is 9.84 Å². The zero-order valence-corrected chi connectivity index (χ0v) is 18.7. The minimum atomic E-state index is -0.321. The molecular weight excluding hydrogens is 394 g/mol. The number of aryl methyl sites for hydroxylation is 1. The molecule has 1 aromatic rings. The van der Waals surface area contributed by atoms with E-state index < -0.39 is 0 Å². The molecule has 170 valence electrons. The van der Waals surface area contributed by atoms with Gasteiger partial charge in [-0.15, -0.1) is 0 Å². The number of piperazine rings is 1. The van der Waals surface area contributed by atoms with Crippen molar-refractivity contribution in [3.05, 3.63) is 17.5 Å². The van der Waals surface area contributed by atoms with Gasteiger partial charge in [-0.3, -0.25) is 19.9 Å². The van der Waals surface area contributed by atoms with Gasteiger partial charge in [-0.1, -0.05) is 5.16 Å². The minimum absolute atomic E-state index is 0.0759. The van der Waals surface area contributed by atoms with Crippen LogP contribution in [0.2, 0.25) is 0 Å².